The molecule has 0 unspecified atom stereocenters. The Balaban J connectivity index is 1.99. The van der Waals surface area contributed by atoms with Gasteiger partial charge in [0.15, 0.2) is 0 Å². The van der Waals surface area contributed by atoms with Crippen molar-refractivity contribution >= 4 is 17.5 Å². The second kappa shape index (κ2) is 4.70. The highest BCUT2D eigenvalue weighted by atomic mass is 35.5. The van der Waals surface area contributed by atoms with Crippen molar-refractivity contribution in [2.75, 3.05) is 6.54 Å². The highest BCUT2D eigenvalue weighted by molar-refractivity contribution is 6.30. The Kier molecular flexibility index (Phi) is 3.03. The predicted molar refractivity (Wildman–Crippen MR) is 73.8 cm³/mol. The van der Waals surface area contributed by atoms with Gasteiger partial charge in [-0.25, -0.2) is 0 Å². The van der Waals surface area contributed by atoms with Gasteiger partial charge in [0.25, 0.3) is 0 Å². The summed E-state index contributed by atoms with van der Waals surface area (Å²) in [5, 5.41) is 8.17. The Bertz CT molecular complexity index is 618. The Morgan fingerprint density at radius 3 is 2.79 bits per heavy atom. The number of hydrogen-bond donors (Lipinski definition) is 1. The van der Waals surface area contributed by atoms with Crippen LogP contribution in [-0.4, -0.2) is 27.5 Å². The van der Waals surface area contributed by atoms with Crippen LogP contribution in [0.1, 0.15) is 18.2 Å². The Morgan fingerprint density at radius 1 is 1.37 bits per heavy atom. The van der Waals surface area contributed by atoms with E-state index in [0.717, 1.165) is 35.5 Å². The molecule has 0 radical (unpaired) electrons. The standard InChI is InChI=1S/C14H14ClN3O/c1-9(19)18-7-6-13-12(8-18)14(17-16-13)10-2-4-11(15)5-3-10/h2-5H,6-8H2,1H3,(H,16,17). The lowest BCUT2D eigenvalue weighted by molar-refractivity contribution is -0.129. The van der Waals surface area contributed by atoms with Crippen molar-refractivity contribution < 1.29 is 4.79 Å². The number of aromatic nitrogens is 2. The fourth-order valence-electron chi connectivity index (χ4n) is 2.41. The zero-order valence-electron chi connectivity index (χ0n) is 10.6. The van der Waals surface area contributed by atoms with Crippen molar-refractivity contribution in [3.05, 3.63) is 40.5 Å². The van der Waals surface area contributed by atoms with E-state index in [9.17, 15) is 4.79 Å². The summed E-state index contributed by atoms with van der Waals surface area (Å²) >= 11 is 5.90. The molecule has 4 nitrogen and oxygen atoms in total. The second-order valence-electron chi connectivity index (χ2n) is 4.73. The fraction of sp³-hybridized carbons (Fsp3) is 0.286. The molecule has 0 saturated carbocycles. The van der Waals surface area contributed by atoms with E-state index < -0.39 is 0 Å². The molecule has 98 valence electrons. The van der Waals surface area contributed by atoms with Gasteiger partial charge in [-0.2, -0.15) is 5.10 Å². The Labute approximate surface area is 116 Å². The summed E-state index contributed by atoms with van der Waals surface area (Å²) in [6.45, 7) is 2.98. The first-order valence-electron chi connectivity index (χ1n) is 6.22. The summed E-state index contributed by atoms with van der Waals surface area (Å²) < 4.78 is 0. The monoisotopic (exact) mass is 275 g/mol. The van der Waals surface area contributed by atoms with E-state index in [0.29, 0.717) is 11.6 Å². The third kappa shape index (κ3) is 2.24. The smallest absolute Gasteiger partial charge is 0.219 e. The van der Waals surface area contributed by atoms with Gasteiger partial charge in [0.2, 0.25) is 5.91 Å². The number of carbonyl (C=O) groups is 1. The van der Waals surface area contributed by atoms with Crippen molar-refractivity contribution in [3.8, 4) is 11.3 Å². The third-order valence-corrected chi connectivity index (χ3v) is 3.75. The van der Waals surface area contributed by atoms with E-state index in [1.165, 1.54) is 0 Å². The molecule has 1 aromatic heterocycles. The zero-order chi connectivity index (χ0) is 13.4. The molecule has 1 amide bonds. The first-order chi connectivity index (χ1) is 9.15. The number of aromatic amines is 1. The molecule has 0 aliphatic carbocycles. The van der Waals surface area contributed by atoms with Crippen LogP contribution in [-0.2, 0) is 17.8 Å². The molecule has 1 aliphatic heterocycles. The molecule has 5 heteroatoms. The molecule has 0 atom stereocenters. The van der Waals surface area contributed by atoms with E-state index >= 15 is 0 Å². The summed E-state index contributed by atoms with van der Waals surface area (Å²) in [5.74, 6) is 0.105. The lowest BCUT2D eigenvalue weighted by Gasteiger charge is -2.25. The summed E-state index contributed by atoms with van der Waals surface area (Å²) in [7, 11) is 0. The number of nitrogens with one attached hydrogen (secondary N) is 1. The van der Waals surface area contributed by atoms with Crippen LogP contribution >= 0.6 is 11.6 Å². The maximum atomic E-state index is 11.5. The minimum atomic E-state index is 0.105. The van der Waals surface area contributed by atoms with Crippen molar-refractivity contribution in [2.45, 2.75) is 19.9 Å². The topological polar surface area (TPSA) is 49.0 Å². The van der Waals surface area contributed by atoms with Crippen LogP contribution in [0.4, 0.5) is 0 Å². The van der Waals surface area contributed by atoms with Crippen molar-refractivity contribution in [1.29, 1.82) is 0 Å². The maximum absolute atomic E-state index is 11.5. The van der Waals surface area contributed by atoms with Gasteiger partial charge in [0.1, 0.15) is 0 Å². The molecule has 0 saturated heterocycles. The van der Waals surface area contributed by atoms with Gasteiger partial charge in [-0.15, -0.1) is 0 Å². The lowest BCUT2D eigenvalue weighted by Crippen LogP contribution is -2.34. The third-order valence-electron chi connectivity index (χ3n) is 3.50. The number of amides is 1. The van der Waals surface area contributed by atoms with E-state index in [4.69, 9.17) is 11.6 Å². The average Bonchev–Trinajstić information content (AvgIpc) is 2.82. The largest absolute Gasteiger partial charge is 0.338 e. The molecule has 0 fully saturated rings. The quantitative estimate of drug-likeness (QED) is 0.870. The van der Waals surface area contributed by atoms with Gasteiger partial charge in [0, 0.05) is 48.3 Å². The summed E-state index contributed by atoms with van der Waals surface area (Å²) in [5.41, 5.74) is 4.18. The molecule has 19 heavy (non-hydrogen) atoms. The van der Waals surface area contributed by atoms with Crippen LogP contribution in [0.5, 0.6) is 0 Å². The van der Waals surface area contributed by atoms with Crippen molar-refractivity contribution in [3.63, 3.8) is 0 Å². The predicted octanol–water partition coefficient (Wildman–Crippen LogP) is 2.63. The van der Waals surface area contributed by atoms with E-state index in [2.05, 4.69) is 10.2 Å². The summed E-state index contributed by atoms with van der Waals surface area (Å²) in [6, 6.07) is 7.60. The molecule has 1 N–H and O–H groups in total. The van der Waals surface area contributed by atoms with E-state index in [1.807, 2.05) is 29.2 Å². The number of nitrogens with zero attached hydrogens (tertiary/aromatic N) is 2. The number of halogens is 1. The number of H-pyrrole nitrogens is 1. The molecule has 1 aliphatic rings. The van der Waals surface area contributed by atoms with Crippen LogP contribution in [0.3, 0.4) is 0 Å². The normalized spacial score (nSPS) is 14.3. The Hall–Kier alpha value is -1.81. The molecule has 3 rings (SSSR count). The minimum Gasteiger partial charge on any atom is -0.338 e. The van der Waals surface area contributed by atoms with Gasteiger partial charge >= 0.3 is 0 Å². The molecule has 2 heterocycles. The van der Waals surface area contributed by atoms with Gasteiger partial charge in [-0.3, -0.25) is 9.89 Å². The molecular formula is C14H14ClN3O. The van der Waals surface area contributed by atoms with Crippen LogP contribution < -0.4 is 0 Å². The summed E-state index contributed by atoms with van der Waals surface area (Å²) in [6.07, 6.45) is 0.829. The fourth-order valence-corrected chi connectivity index (χ4v) is 2.54. The number of hydrogen-bond acceptors (Lipinski definition) is 2. The van der Waals surface area contributed by atoms with Crippen molar-refractivity contribution in [1.82, 2.24) is 15.1 Å². The van der Waals surface area contributed by atoms with Crippen LogP contribution in [0, 0.1) is 0 Å². The SMILES string of the molecule is CC(=O)N1CCc2[nH]nc(-c3ccc(Cl)cc3)c2C1. The van der Waals surface area contributed by atoms with Gasteiger partial charge in [-0.05, 0) is 12.1 Å². The number of rotatable bonds is 1. The van der Waals surface area contributed by atoms with Gasteiger partial charge < -0.3 is 4.90 Å². The van der Waals surface area contributed by atoms with Gasteiger partial charge in [-0.1, -0.05) is 23.7 Å². The van der Waals surface area contributed by atoms with Gasteiger partial charge in [0.05, 0.1) is 5.69 Å². The number of fused-ring (bicyclic) bond motifs is 1. The molecule has 2 aromatic rings. The molecular weight excluding hydrogens is 262 g/mol. The molecule has 0 spiro atoms. The first kappa shape index (κ1) is 12.2. The van der Waals surface area contributed by atoms with E-state index in [1.54, 1.807) is 6.92 Å². The summed E-state index contributed by atoms with van der Waals surface area (Å²) in [4.78, 5) is 13.3. The molecule has 1 aromatic carbocycles. The average molecular weight is 276 g/mol. The van der Waals surface area contributed by atoms with Crippen molar-refractivity contribution in [2.24, 2.45) is 0 Å². The van der Waals surface area contributed by atoms with Crippen LogP contribution in [0.25, 0.3) is 11.3 Å². The van der Waals surface area contributed by atoms with Crippen LogP contribution in [0.15, 0.2) is 24.3 Å². The number of carbonyl (C=O) groups excluding carboxylic acids is 1. The molecule has 0 bridgehead atoms. The maximum Gasteiger partial charge on any atom is 0.219 e. The Morgan fingerprint density at radius 2 is 2.11 bits per heavy atom. The van der Waals surface area contributed by atoms with E-state index in [-0.39, 0.29) is 5.91 Å². The first-order valence-corrected chi connectivity index (χ1v) is 6.60. The highest BCUT2D eigenvalue weighted by Crippen LogP contribution is 2.29. The minimum absolute atomic E-state index is 0.105. The van der Waals surface area contributed by atoms with Crippen LogP contribution in [0.2, 0.25) is 5.02 Å². The number of benzene rings is 1. The zero-order valence-corrected chi connectivity index (χ0v) is 11.4. The highest BCUT2D eigenvalue weighted by Gasteiger charge is 2.23. The lowest BCUT2D eigenvalue weighted by atomic mass is 10.0. The second-order valence-corrected chi connectivity index (χ2v) is 5.16.